The average molecular weight is 285 g/mol. The standard InChI is InChI=1S/C10H11N3O3S2/c1-6(14)7-3-18-10(11-7)12-8(15)2-13-5-17-4-9(13)16/h3H,2,4-5H2,1H3,(H,11,12,15). The zero-order valence-corrected chi connectivity index (χ0v) is 11.3. The van der Waals surface area contributed by atoms with E-state index in [4.69, 9.17) is 0 Å². The summed E-state index contributed by atoms with van der Waals surface area (Å²) >= 11 is 2.68. The van der Waals surface area contributed by atoms with Gasteiger partial charge in [0.2, 0.25) is 11.8 Å². The highest BCUT2D eigenvalue weighted by Crippen LogP contribution is 2.17. The number of carbonyl (C=O) groups is 3. The summed E-state index contributed by atoms with van der Waals surface area (Å²) in [6, 6.07) is 0. The number of nitrogens with zero attached hydrogens (tertiary/aromatic N) is 2. The van der Waals surface area contributed by atoms with Crippen molar-refractivity contribution in [3.05, 3.63) is 11.1 Å². The van der Waals surface area contributed by atoms with Crippen molar-refractivity contribution in [1.82, 2.24) is 9.88 Å². The first-order valence-electron chi connectivity index (χ1n) is 5.18. The Kier molecular flexibility index (Phi) is 3.97. The smallest absolute Gasteiger partial charge is 0.245 e. The number of Topliss-reactive ketones (excluding diaryl/α,β-unsaturated/α-hetero) is 1. The van der Waals surface area contributed by atoms with Crippen molar-refractivity contribution in [1.29, 1.82) is 0 Å². The number of anilines is 1. The Labute approximate surface area is 112 Å². The van der Waals surface area contributed by atoms with Gasteiger partial charge < -0.3 is 10.2 Å². The number of thioether (sulfide) groups is 1. The number of hydrogen-bond acceptors (Lipinski definition) is 6. The van der Waals surface area contributed by atoms with Gasteiger partial charge in [0, 0.05) is 12.3 Å². The fourth-order valence-corrected chi connectivity index (χ4v) is 3.04. The summed E-state index contributed by atoms with van der Waals surface area (Å²) < 4.78 is 0. The third kappa shape index (κ3) is 3.08. The fourth-order valence-electron chi connectivity index (χ4n) is 1.37. The number of ketones is 1. The van der Waals surface area contributed by atoms with Crippen molar-refractivity contribution < 1.29 is 14.4 Å². The predicted octanol–water partition coefficient (Wildman–Crippen LogP) is 0.817. The number of amides is 2. The van der Waals surface area contributed by atoms with E-state index in [1.54, 1.807) is 5.38 Å². The molecule has 18 heavy (non-hydrogen) atoms. The molecule has 96 valence electrons. The molecule has 0 spiro atoms. The third-order valence-electron chi connectivity index (χ3n) is 2.27. The molecule has 2 amide bonds. The number of carbonyl (C=O) groups excluding carboxylic acids is 3. The molecule has 6 nitrogen and oxygen atoms in total. The van der Waals surface area contributed by atoms with Crippen LogP contribution in [0.15, 0.2) is 5.38 Å². The monoisotopic (exact) mass is 285 g/mol. The van der Waals surface area contributed by atoms with Crippen LogP contribution >= 0.6 is 23.1 Å². The minimum atomic E-state index is -0.296. The molecule has 0 bridgehead atoms. The van der Waals surface area contributed by atoms with Crippen molar-refractivity contribution in [2.24, 2.45) is 0 Å². The number of nitrogens with one attached hydrogen (secondary N) is 1. The first-order valence-corrected chi connectivity index (χ1v) is 7.21. The highest BCUT2D eigenvalue weighted by atomic mass is 32.2. The van der Waals surface area contributed by atoms with Crippen LogP contribution < -0.4 is 5.32 Å². The second-order valence-electron chi connectivity index (χ2n) is 3.71. The van der Waals surface area contributed by atoms with E-state index >= 15 is 0 Å². The van der Waals surface area contributed by atoms with Gasteiger partial charge in [-0.2, -0.15) is 0 Å². The summed E-state index contributed by atoms with van der Waals surface area (Å²) in [6.45, 7) is 1.45. The molecular formula is C10H11N3O3S2. The molecule has 1 N–H and O–H groups in total. The molecule has 1 aromatic rings. The minimum Gasteiger partial charge on any atom is -0.323 e. The van der Waals surface area contributed by atoms with E-state index in [0.29, 0.717) is 22.5 Å². The number of rotatable bonds is 4. The molecule has 1 fully saturated rings. The molecule has 2 rings (SSSR count). The van der Waals surface area contributed by atoms with Gasteiger partial charge in [0.1, 0.15) is 12.2 Å². The molecule has 1 aliphatic rings. The van der Waals surface area contributed by atoms with Crippen LogP contribution in [-0.2, 0) is 9.59 Å². The van der Waals surface area contributed by atoms with E-state index in [1.165, 1.54) is 34.9 Å². The predicted molar refractivity (Wildman–Crippen MR) is 69.8 cm³/mol. The molecule has 0 aromatic carbocycles. The highest BCUT2D eigenvalue weighted by molar-refractivity contribution is 8.00. The maximum atomic E-state index is 11.7. The molecule has 0 saturated carbocycles. The summed E-state index contributed by atoms with van der Waals surface area (Å²) in [5, 5.41) is 4.55. The van der Waals surface area contributed by atoms with Crippen LogP contribution in [-0.4, -0.2) is 45.7 Å². The van der Waals surface area contributed by atoms with E-state index in [-0.39, 0.29) is 24.1 Å². The Morgan fingerprint density at radius 3 is 2.89 bits per heavy atom. The van der Waals surface area contributed by atoms with Gasteiger partial charge in [-0.15, -0.1) is 23.1 Å². The van der Waals surface area contributed by atoms with E-state index < -0.39 is 0 Å². The second kappa shape index (κ2) is 5.49. The lowest BCUT2D eigenvalue weighted by atomic mass is 10.4. The van der Waals surface area contributed by atoms with Crippen molar-refractivity contribution in [2.45, 2.75) is 6.92 Å². The van der Waals surface area contributed by atoms with Crippen LogP contribution in [0.3, 0.4) is 0 Å². The lowest BCUT2D eigenvalue weighted by Crippen LogP contribution is -2.34. The van der Waals surface area contributed by atoms with E-state index in [2.05, 4.69) is 10.3 Å². The van der Waals surface area contributed by atoms with Gasteiger partial charge in [-0.3, -0.25) is 14.4 Å². The summed E-state index contributed by atoms with van der Waals surface area (Å²) in [5.74, 6) is 0.508. The van der Waals surface area contributed by atoms with Crippen LogP contribution in [0.5, 0.6) is 0 Å². The fraction of sp³-hybridized carbons (Fsp3) is 0.400. The Hall–Kier alpha value is -1.41. The molecule has 2 heterocycles. The molecule has 0 atom stereocenters. The number of hydrogen-bond donors (Lipinski definition) is 1. The first kappa shape index (κ1) is 13.0. The lowest BCUT2D eigenvalue weighted by Gasteiger charge is -2.12. The van der Waals surface area contributed by atoms with E-state index in [9.17, 15) is 14.4 Å². The molecule has 0 radical (unpaired) electrons. The lowest BCUT2D eigenvalue weighted by molar-refractivity contribution is -0.130. The van der Waals surface area contributed by atoms with Gasteiger partial charge in [-0.25, -0.2) is 4.98 Å². The zero-order chi connectivity index (χ0) is 13.1. The maximum Gasteiger partial charge on any atom is 0.245 e. The van der Waals surface area contributed by atoms with Crippen LogP contribution in [0.2, 0.25) is 0 Å². The molecule has 1 saturated heterocycles. The molecule has 1 aliphatic heterocycles. The topological polar surface area (TPSA) is 79.4 Å². The molecule has 0 aliphatic carbocycles. The van der Waals surface area contributed by atoms with Gasteiger partial charge in [-0.1, -0.05) is 0 Å². The van der Waals surface area contributed by atoms with Crippen molar-refractivity contribution in [3.8, 4) is 0 Å². The summed E-state index contributed by atoms with van der Waals surface area (Å²) in [7, 11) is 0. The van der Waals surface area contributed by atoms with Crippen LogP contribution in [0.4, 0.5) is 5.13 Å². The molecule has 8 heteroatoms. The Morgan fingerprint density at radius 1 is 1.56 bits per heavy atom. The zero-order valence-electron chi connectivity index (χ0n) is 9.63. The van der Waals surface area contributed by atoms with Crippen molar-refractivity contribution >= 4 is 45.8 Å². The summed E-state index contributed by atoms with van der Waals surface area (Å²) in [5.41, 5.74) is 0.336. The van der Waals surface area contributed by atoms with Gasteiger partial charge in [-0.05, 0) is 0 Å². The van der Waals surface area contributed by atoms with E-state index in [0.717, 1.165) is 0 Å². The van der Waals surface area contributed by atoms with Gasteiger partial charge in [0.05, 0.1) is 11.6 Å². The van der Waals surface area contributed by atoms with Crippen LogP contribution in [0.25, 0.3) is 0 Å². The summed E-state index contributed by atoms with van der Waals surface area (Å²) in [4.78, 5) is 39.5. The quantitative estimate of drug-likeness (QED) is 0.828. The number of aromatic nitrogens is 1. The van der Waals surface area contributed by atoms with Gasteiger partial charge >= 0.3 is 0 Å². The van der Waals surface area contributed by atoms with Crippen molar-refractivity contribution in [3.63, 3.8) is 0 Å². The first-order chi connectivity index (χ1) is 8.56. The largest absolute Gasteiger partial charge is 0.323 e. The van der Waals surface area contributed by atoms with Gasteiger partial charge in [0.25, 0.3) is 0 Å². The van der Waals surface area contributed by atoms with Gasteiger partial charge in [0.15, 0.2) is 10.9 Å². The molecule has 1 aromatic heterocycles. The number of thiazole rings is 1. The van der Waals surface area contributed by atoms with E-state index in [1.807, 2.05) is 0 Å². The third-order valence-corrected chi connectivity index (χ3v) is 3.97. The second-order valence-corrected chi connectivity index (χ2v) is 5.52. The van der Waals surface area contributed by atoms with Crippen LogP contribution in [0, 0.1) is 0 Å². The van der Waals surface area contributed by atoms with Crippen molar-refractivity contribution in [2.75, 3.05) is 23.5 Å². The Bertz CT molecular complexity index is 500. The molecular weight excluding hydrogens is 274 g/mol. The highest BCUT2D eigenvalue weighted by Gasteiger charge is 2.23. The van der Waals surface area contributed by atoms with Crippen LogP contribution in [0.1, 0.15) is 17.4 Å². The molecule has 0 unspecified atom stereocenters. The Morgan fingerprint density at radius 2 is 2.33 bits per heavy atom. The minimum absolute atomic E-state index is 0.0286. The average Bonchev–Trinajstić information content (AvgIpc) is 2.89. The maximum absolute atomic E-state index is 11.7. The normalized spacial score (nSPS) is 14.9. The summed E-state index contributed by atoms with van der Waals surface area (Å²) in [6.07, 6.45) is 0. The SMILES string of the molecule is CC(=O)c1csc(NC(=O)CN2CSCC2=O)n1. The Balaban J connectivity index is 1.90.